The lowest BCUT2D eigenvalue weighted by atomic mass is 9.95. The van der Waals surface area contributed by atoms with Gasteiger partial charge in [-0.3, -0.25) is 9.99 Å². The number of nitriles is 2. The Kier molecular flexibility index (Phi) is 6.72. The topological polar surface area (TPSA) is 112 Å². The molecule has 1 aliphatic heterocycles. The molecular formula is C32H35ClN8. The van der Waals surface area contributed by atoms with E-state index in [-0.39, 0.29) is 17.0 Å². The number of hydrogen-bond donors (Lipinski definition) is 4. The predicted molar refractivity (Wildman–Crippen MR) is 163 cm³/mol. The van der Waals surface area contributed by atoms with Gasteiger partial charge >= 0.3 is 0 Å². The smallest absolute Gasteiger partial charge is 0.103 e. The Labute approximate surface area is 246 Å². The summed E-state index contributed by atoms with van der Waals surface area (Å²) in [7, 11) is 0. The van der Waals surface area contributed by atoms with Gasteiger partial charge in [0, 0.05) is 30.0 Å². The molecule has 3 aromatic rings. The van der Waals surface area contributed by atoms with Crippen molar-refractivity contribution in [2.75, 3.05) is 17.2 Å². The van der Waals surface area contributed by atoms with Crippen molar-refractivity contribution >= 4 is 33.9 Å². The summed E-state index contributed by atoms with van der Waals surface area (Å²) in [6.45, 7) is 9.10. The van der Waals surface area contributed by atoms with Crippen LogP contribution in [0.2, 0.25) is 5.02 Å². The third kappa shape index (κ3) is 5.14. The van der Waals surface area contributed by atoms with Crippen molar-refractivity contribution in [3.05, 3.63) is 75.7 Å². The summed E-state index contributed by atoms with van der Waals surface area (Å²) in [6, 6.07) is 14.0. The number of hydrogen-bond acceptors (Lipinski definition) is 8. The fourth-order valence-corrected chi connectivity index (χ4v) is 6.13. The Hall–Kier alpha value is -3.98. The fraction of sp³-hybridized carbons (Fsp3) is 0.406. The van der Waals surface area contributed by atoms with E-state index in [4.69, 9.17) is 11.6 Å². The third-order valence-electron chi connectivity index (χ3n) is 8.44. The molecule has 0 amide bonds. The van der Waals surface area contributed by atoms with Crippen LogP contribution < -0.4 is 21.6 Å². The molecule has 8 nitrogen and oxygen atoms in total. The summed E-state index contributed by atoms with van der Waals surface area (Å²) in [6.07, 6.45) is 8.70. The Morgan fingerprint density at radius 1 is 1.17 bits per heavy atom. The van der Waals surface area contributed by atoms with E-state index in [0.29, 0.717) is 28.2 Å². The van der Waals surface area contributed by atoms with Gasteiger partial charge < -0.3 is 16.1 Å². The molecule has 0 bridgehead atoms. The van der Waals surface area contributed by atoms with E-state index < -0.39 is 0 Å². The first-order chi connectivity index (χ1) is 19.6. The highest BCUT2D eigenvalue weighted by Crippen LogP contribution is 2.57. The third-order valence-corrected chi connectivity index (χ3v) is 8.73. The van der Waals surface area contributed by atoms with Crippen molar-refractivity contribution in [3.63, 3.8) is 0 Å². The highest BCUT2D eigenvalue weighted by atomic mass is 35.5. The molecule has 2 heterocycles. The Morgan fingerprint density at radius 2 is 1.93 bits per heavy atom. The van der Waals surface area contributed by atoms with Gasteiger partial charge in [-0.2, -0.15) is 10.5 Å². The zero-order chi connectivity index (χ0) is 28.9. The molecule has 2 fully saturated rings. The van der Waals surface area contributed by atoms with Gasteiger partial charge in [0.1, 0.15) is 6.07 Å². The van der Waals surface area contributed by atoms with E-state index in [0.717, 1.165) is 39.5 Å². The average molecular weight is 567 g/mol. The molecule has 0 radical (unpaired) electrons. The number of nitrogens with zero attached hydrogens (tertiary/aromatic N) is 4. The maximum Gasteiger partial charge on any atom is 0.103 e. The molecule has 6 rings (SSSR count). The van der Waals surface area contributed by atoms with Crippen molar-refractivity contribution in [2.45, 2.75) is 65.0 Å². The van der Waals surface area contributed by atoms with Gasteiger partial charge in [-0.25, -0.2) is 0 Å². The number of benzene rings is 2. The molecular weight excluding hydrogens is 532 g/mol. The summed E-state index contributed by atoms with van der Waals surface area (Å²) in [4.78, 5) is 4.52. The molecule has 3 aliphatic rings. The number of anilines is 2. The first-order valence-electron chi connectivity index (χ1n) is 14.2. The summed E-state index contributed by atoms with van der Waals surface area (Å²) in [5, 5.41) is 30.4. The lowest BCUT2D eigenvalue weighted by Crippen LogP contribution is -2.46. The zero-order valence-electron chi connectivity index (χ0n) is 23.9. The Balaban J connectivity index is 1.42. The van der Waals surface area contributed by atoms with Gasteiger partial charge in [-0.15, -0.1) is 5.53 Å². The second-order valence-electron chi connectivity index (χ2n) is 12.7. The molecule has 0 unspecified atom stereocenters. The van der Waals surface area contributed by atoms with Crippen molar-refractivity contribution in [1.29, 1.82) is 10.5 Å². The zero-order valence-corrected chi connectivity index (χ0v) is 24.7. The van der Waals surface area contributed by atoms with Crippen LogP contribution in [0, 0.1) is 40.9 Å². The normalized spacial score (nSPS) is 18.2. The van der Waals surface area contributed by atoms with Crippen LogP contribution in [0.25, 0.3) is 10.9 Å². The minimum absolute atomic E-state index is 0.00916. The van der Waals surface area contributed by atoms with Gasteiger partial charge in [0.05, 0.1) is 50.7 Å². The molecule has 41 heavy (non-hydrogen) atoms. The van der Waals surface area contributed by atoms with Gasteiger partial charge in [0.25, 0.3) is 0 Å². The van der Waals surface area contributed by atoms with Gasteiger partial charge in [0.15, 0.2) is 0 Å². The first kappa shape index (κ1) is 27.2. The molecule has 0 saturated heterocycles. The van der Waals surface area contributed by atoms with Crippen LogP contribution in [0.5, 0.6) is 0 Å². The van der Waals surface area contributed by atoms with Crippen LogP contribution >= 0.6 is 11.6 Å². The number of fused-ring (bicyclic) bond motifs is 1. The summed E-state index contributed by atoms with van der Waals surface area (Å²) in [5.74, 6) is 0.739. The quantitative estimate of drug-likeness (QED) is 0.239. The average Bonchev–Trinajstić information content (AvgIpc) is 3.87. The van der Waals surface area contributed by atoms with Crippen molar-refractivity contribution < 1.29 is 0 Å². The molecule has 1 aromatic heterocycles. The largest absolute Gasteiger partial charge is 0.383 e. The van der Waals surface area contributed by atoms with Gasteiger partial charge in [0.2, 0.25) is 0 Å². The first-order valence-corrected chi connectivity index (χ1v) is 14.6. The SMILES string of the molecule is Cc1c(C#N)cccc1[C@H](Nc1cc(Cl)c2ncc(C#N)c(NCC(C)(C)C)c2c1)C1=CN(C2(C3CC3)CC2)NN1. The van der Waals surface area contributed by atoms with Crippen molar-refractivity contribution in [1.82, 2.24) is 21.0 Å². The van der Waals surface area contributed by atoms with E-state index in [1.807, 2.05) is 31.2 Å². The molecule has 4 N–H and O–H groups in total. The predicted octanol–water partition coefficient (Wildman–Crippen LogP) is 6.66. The maximum absolute atomic E-state index is 9.87. The monoisotopic (exact) mass is 566 g/mol. The molecule has 2 saturated carbocycles. The lowest BCUT2D eigenvalue weighted by Gasteiger charge is -2.26. The summed E-state index contributed by atoms with van der Waals surface area (Å²) in [5.41, 5.74) is 13.2. The molecule has 2 aromatic carbocycles. The van der Waals surface area contributed by atoms with Gasteiger partial charge in [-0.05, 0) is 73.3 Å². The Morgan fingerprint density at radius 3 is 2.59 bits per heavy atom. The number of halogens is 1. The second kappa shape index (κ2) is 10.1. The molecule has 210 valence electrons. The van der Waals surface area contributed by atoms with Crippen LogP contribution in [0.4, 0.5) is 11.4 Å². The van der Waals surface area contributed by atoms with E-state index in [9.17, 15) is 10.5 Å². The fourth-order valence-electron chi connectivity index (χ4n) is 5.86. The van der Waals surface area contributed by atoms with Crippen LogP contribution in [0.3, 0.4) is 0 Å². The molecule has 0 spiro atoms. The number of hydrazine groups is 2. The second-order valence-corrected chi connectivity index (χ2v) is 13.1. The maximum atomic E-state index is 9.87. The van der Waals surface area contributed by atoms with E-state index in [1.54, 1.807) is 6.20 Å². The standard InChI is InChI=1S/C32H35ClN8/c1-19-20(14-34)6-5-7-24(19)30(27-17-41(40-39-27)32(10-11-32)22-8-9-22)38-23-12-25-28(37-18-31(2,3)4)21(15-35)16-36-29(25)26(33)13-23/h5-7,12-13,16-17,22,30,38-40H,8-11,18H2,1-4H3,(H,36,37)/t30-/m0/s1. The van der Waals surface area contributed by atoms with E-state index in [1.165, 1.54) is 25.7 Å². The van der Waals surface area contributed by atoms with Crippen molar-refractivity contribution in [2.24, 2.45) is 11.3 Å². The van der Waals surface area contributed by atoms with Gasteiger partial charge in [-0.1, -0.05) is 44.5 Å². The number of pyridine rings is 1. The number of rotatable bonds is 8. The lowest BCUT2D eigenvalue weighted by molar-refractivity contribution is 0.156. The van der Waals surface area contributed by atoms with Crippen LogP contribution in [-0.4, -0.2) is 22.1 Å². The minimum atomic E-state index is -0.289. The van der Waals surface area contributed by atoms with E-state index in [2.05, 4.69) is 76.8 Å². The van der Waals surface area contributed by atoms with Crippen LogP contribution in [0.1, 0.15) is 74.8 Å². The number of aromatic nitrogens is 1. The number of nitrogens with one attached hydrogen (secondary N) is 4. The highest BCUT2D eigenvalue weighted by molar-refractivity contribution is 6.35. The molecule has 9 heteroatoms. The molecule has 1 atom stereocenters. The highest BCUT2D eigenvalue weighted by Gasteiger charge is 2.58. The van der Waals surface area contributed by atoms with Crippen LogP contribution in [0.15, 0.2) is 48.4 Å². The van der Waals surface area contributed by atoms with E-state index >= 15 is 0 Å². The summed E-state index contributed by atoms with van der Waals surface area (Å²) >= 11 is 6.81. The Bertz CT molecular complexity index is 1630. The van der Waals surface area contributed by atoms with Crippen LogP contribution in [-0.2, 0) is 0 Å². The molecule has 2 aliphatic carbocycles. The minimum Gasteiger partial charge on any atom is -0.383 e. The summed E-state index contributed by atoms with van der Waals surface area (Å²) < 4.78 is 0. The van der Waals surface area contributed by atoms with Crippen molar-refractivity contribution in [3.8, 4) is 12.1 Å².